The summed E-state index contributed by atoms with van der Waals surface area (Å²) in [7, 11) is -3.75. The monoisotopic (exact) mass is 586 g/mol. The molecule has 0 bridgehead atoms. The van der Waals surface area contributed by atoms with E-state index < -0.39 is 16.0 Å². The fourth-order valence-electron chi connectivity index (χ4n) is 3.62. The Morgan fingerprint density at radius 3 is 2.31 bits per heavy atom. The number of anilines is 2. The maximum absolute atomic E-state index is 13.3. The van der Waals surface area contributed by atoms with Gasteiger partial charge in [-0.05, 0) is 92.0 Å². The van der Waals surface area contributed by atoms with E-state index in [2.05, 4.69) is 21.2 Å². The lowest BCUT2D eigenvalue weighted by atomic mass is 10.2. The van der Waals surface area contributed by atoms with Crippen molar-refractivity contribution in [2.45, 2.75) is 18.7 Å². The molecular weight excluding hydrogens is 564 g/mol. The zero-order valence-corrected chi connectivity index (χ0v) is 22.7. The molecule has 0 aliphatic carbocycles. The number of halogens is 1. The molecule has 10 heteroatoms. The third-order valence-electron chi connectivity index (χ3n) is 5.35. The zero-order chi connectivity index (χ0) is 25.9. The molecule has 186 valence electrons. The maximum Gasteiger partial charge on any atom is 0.338 e. The lowest BCUT2D eigenvalue weighted by Crippen LogP contribution is -2.30. The summed E-state index contributed by atoms with van der Waals surface area (Å²) in [5.74, 6) is -0.713. The summed E-state index contributed by atoms with van der Waals surface area (Å²) in [5, 5.41) is 3.59. The average molecular weight is 588 g/mol. The minimum absolute atomic E-state index is 0.201. The second kappa shape index (κ2) is 10.8. The summed E-state index contributed by atoms with van der Waals surface area (Å²) in [6, 6.07) is 20.1. The zero-order valence-electron chi connectivity index (χ0n) is 19.5. The van der Waals surface area contributed by atoms with E-state index in [1.165, 1.54) is 15.6 Å². The fourth-order valence-corrected chi connectivity index (χ4v) is 6.29. The number of amides is 1. The van der Waals surface area contributed by atoms with Crippen LogP contribution in [0.15, 0.2) is 82.2 Å². The smallest absolute Gasteiger partial charge is 0.338 e. The molecule has 0 saturated heterocycles. The Morgan fingerprint density at radius 2 is 1.67 bits per heavy atom. The second-order valence-electron chi connectivity index (χ2n) is 7.71. The van der Waals surface area contributed by atoms with Gasteiger partial charge in [-0.25, -0.2) is 13.2 Å². The van der Waals surface area contributed by atoms with Crippen LogP contribution < -0.4 is 9.62 Å². The van der Waals surface area contributed by atoms with Crippen LogP contribution in [0.2, 0.25) is 0 Å². The first-order chi connectivity index (χ1) is 17.2. The van der Waals surface area contributed by atoms with Crippen LogP contribution >= 0.6 is 27.3 Å². The second-order valence-corrected chi connectivity index (χ2v) is 11.6. The van der Waals surface area contributed by atoms with Crippen LogP contribution in [0.3, 0.4) is 0 Å². The van der Waals surface area contributed by atoms with Gasteiger partial charge in [0, 0.05) is 21.4 Å². The molecule has 3 aromatic carbocycles. The number of fused-ring (bicyclic) bond motifs is 1. The number of nitrogens with one attached hydrogen (secondary N) is 1. The van der Waals surface area contributed by atoms with Crippen molar-refractivity contribution in [1.82, 2.24) is 0 Å². The van der Waals surface area contributed by atoms with Crippen LogP contribution in [-0.4, -0.2) is 33.4 Å². The first-order valence-electron chi connectivity index (χ1n) is 11.1. The summed E-state index contributed by atoms with van der Waals surface area (Å²) in [6.07, 6.45) is 0. The number of benzene rings is 3. The molecule has 0 radical (unpaired) electrons. The summed E-state index contributed by atoms with van der Waals surface area (Å²) in [6.45, 7) is 4.06. The number of ether oxygens (including phenoxy) is 1. The number of hydrogen-bond acceptors (Lipinski definition) is 6. The summed E-state index contributed by atoms with van der Waals surface area (Å²) >= 11 is 4.64. The van der Waals surface area contributed by atoms with E-state index in [0.29, 0.717) is 21.8 Å². The molecule has 0 aliphatic heterocycles. The van der Waals surface area contributed by atoms with Gasteiger partial charge in [0.2, 0.25) is 0 Å². The van der Waals surface area contributed by atoms with Gasteiger partial charge in [-0.1, -0.05) is 15.9 Å². The van der Waals surface area contributed by atoms with Crippen LogP contribution in [0.25, 0.3) is 10.1 Å². The predicted octanol–water partition coefficient (Wildman–Crippen LogP) is 6.31. The molecule has 1 heterocycles. The van der Waals surface area contributed by atoms with Gasteiger partial charge in [-0.15, -0.1) is 11.3 Å². The maximum atomic E-state index is 13.3. The van der Waals surface area contributed by atoms with Crippen molar-refractivity contribution < 1.29 is 22.7 Å². The van der Waals surface area contributed by atoms with E-state index >= 15 is 0 Å². The van der Waals surface area contributed by atoms with E-state index in [9.17, 15) is 18.0 Å². The van der Waals surface area contributed by atoms with E-state index in [1.54, 1.807) is 80.6 Å². The van der Waals surface area contributed by atoms with Crippen molar-refractivity contribution in [3.05, 3.63) is 87.7 Å². The van der Waals surface area contributed by atoms with E-state index in [1.807, 2.05) is 6.07 Å². The molecular formula is C26H23BrN2O5S2. The largest absolute Gasteiger partial charge is 0.462 e. The Labute approximate surface area is 221 Å². The number of esters is 1. The Kier molecular flexibility index (Phi) is 7.77. The molecule has 0 spiro atoms. The van der Waals surface area contributed by atoms with Gasteiger partial charge in [-0.2, -0.15) is 0 Å². The molecule has 0 aliphatic rings. The van der Waals surface area contributed by atoms with Crippen molar-refractivity contribution in [3.63, 3.8) is 0 Å². The number of sulfonamides is 1. The lowest BCUT2D eigenvalue weighted by molar-refractivity contribution is 0.0526. The number of carbonyl (C=O) groups excluding carboxylic acids is 2. The average Bonchev–Trinajstić information content (AvgIpc) is 3.29. The molecule has 1 aromatic heterocycles. The quantitative estimate of drug-likeness (QED) is 0.244. The Morgan fingerprint density at radius 1 is 0.972 bits per heavy atom. The standard InChI is InChI=1S/C26H23BrN2O5S2/c1-3-29(36(32,33)22-12-7-19(27)8-13-22)21-11-14-23-18(15-21)16-24(35-23)25(30)28-20-9-5-17(6-10-20)26(31)34-4-2/h5-16H,3-4H2,1-2H3,(H,28,30). The van der Waals surface area contributed by atoms with Crippen molar-refractivity contribution in [1.29, 1.82) is 0 Å². The van der Waals surface area contributed by atoms with E-state index in [0.717, 1.165) is 14.6 Å². The molecule has 4 rings (SSSR count). The molecule has 0 unspecified atom stereocenters. The molecule has 0 saturated carbocycles. The van der Waals surface area contributed by atoms with Crippen molar-refractivity contribution in [3.8, 4) is 0 Å². The Bertz CT molecular complexity index is 1510. The van der Waals surface area contributed by atoms with Crippen molar-refractivity contribution in [2.24, 2.45) is 0 Å². The van der Waals surface area contributed by atoms with E-state index in [4.69, 9.17) is 4.74 Å². The molecule has 36 heavy (non-hydrogen) atoms. The molecule has 0 atom stereocenters. The topological polar surface area (TPSA) is 92.8 Å². The molecule has 7 nitrogen and oxygen atoms in total. The lowest BCUT2D eigenvalue weighted by Gasteiger charge is -2.23. The summed E-state index contributed by atoms with van der Waals surface area (Å²) in [4.78, 5) is 25.3. The number of carbonyl (C=O) groups is 2. The van der Waals surface area contributed by atoms with Crippen LogP contribution in [-0.2, 0) is 14.8 Å². The SMILES string of the molecule is CCOC(=O)c1ccc(NC(=O)c2cc3cc(N(CC)S(=O)(=O)c4ccc(Br)cc4)ccc3s2)cc1. The van der Waals surface area contributed by atoms with Gasteiger partial charge in [0.05, 0.1) is 27.6 Å². The van der Waals surface area contributed by atoms with Crippen molar-refractivity contribution in [2.75, 3.05) is 22.8 Å². The van der Waals surface area contributed by atoms with Gasteiger partial charge in [-0.3, -0.25) is 9.10 Å². The highest BCUT2D eigenvalue weighted by Gasteiger charge is 2.24. The molecule has 1 amide bonds. The minimum Gasteiger partial charge on any atom is -0.462 e. The number of rotatable bonds is 8. The summed E-state index contributed by atoms with van der Waals surface area (Å²) < 4.78 is 34.5. The van der Waals surface area contributed by atoms with Gasteiger partial charge >= 0.3 is 5.97 Å². The molecule has 0 fully saturated rings. The van der Waals surface area contributed by atoms with Crippen LogP contribution in [0.4, 0.5) is 11.4 Å². The predicted molar refractivity (Wildman–Crippen MR) is 147 cm³/mol. The Balaban J connectivity index is 1.55. The number of hydrogen-bond donors (Lipinski definition) is 1. The van der Waals surface area contributed by atoms with Gasteiger partial charge in [0.15, 0.2) is 0 Å². The third kappa shape index (κ3) is 5.45. The van der Waals surface area contributed by atoms with Crippen LogP contribution in [0.5, 0.6) is 0 Å². The summed E-state index contributed by atoms with van der Waals surface area (Å²) in [5.41, 5.74) is 1.47. The normalized spacial score (nSPS) is 11.3. The van der Waals surface area contributed by atoms with Gasteiger partial charge in [0.1, 0.15) is 0 Å². The highest BCUT2D eigenvalue weighted by Crippen LogP contribution is 2.32. The first-order valence-corrected chi connectivity index (χ1v) is 14.2. The van der Waals surface area contributed by atoms with E-state index in [-0.39, 0.29) is 24.0 Å². The highest BCUT2D eigenvalue weighted by atomic mass is 79.9. The molecule has 1 N–H and O–H groups in total. The number of nitrogens with zero attached hydrogens (tertiary/aromatic N) is 1. The minimum atomic E-state index is -3.75. The van der Waals surface area contributed by atoms with Gasteiger partial charge < -0.3 is 10.1 Å². The first kappa shape index (κ1) is 25.9. The molecule has 4 aromatic rings. The third-order valence-corrected chi connectivity index (χ3v) is 8.92. The van der Waals surface area contributed by atoms with Crippen molar-refractivity contribution >= 4 is 70.6 Å². The number of thiophene rings is 1. The fraction of sp³-hybridized carbons (Fsp3) is 0.154. The Hall–Kier alpha value is -3.21. The van der Waals surface area contributed by atoms with Crippen LogP contribution in [0.1, 0.15) is 33.9 Å². The van der Waals surface area contributed by atoms with Gasteiger partial charge in [0.25, 0.3) is 15.9 Å². The van der Waals surface area contributed by atoms with Crippen LogP contribution in [0, 0.1) is 0 Å². The highest BCUT2D eigenvalue weighted by molar-refractivity contribution is 9.10.